The number of hydrogen-bond donors (Lipinski definition) is 1. The number of phenolic OH excluding ortho intramolecular Hbond substituents is 1. The summed E-state index contributed by atoms with van der Waals surface area (Å²) >= 11 is 5.71. The van der Waals surface area contributed by atoms with E-state index in [2.05, 4.69) is 0 Å². The molecule has 0 spiro atoms. The lowest BCUT2D eigenvalue weighted by Gasteiger charge is -2.09. The Morgan fingerprint density at radius 1 is 1.47 bits per heavy atom. The number of benzene rings is 1. The summed E-state index contributed by atoms with van der Waals surface area (Å²) in [6.45, 7) is 0. The fraction of sp³-hybridized carbons (Fsp3) is 0.250. The molecule has 1 aromatic carbocycles. The topological polar surface area (TPSA) is 63.6 Å². The minimum Gasteiger partial charge on any atom is -0.504 e. The van der Waals surface area contributed by atoms with E-state index in [9.17, 15) is 13.5 Å². The third-order valence-corrected chi connectivity index (χ3v) is 2.98. The molecule has 0 aromatic heterocycles. The smallest absolute Gasteiger partial charge is 0.236 e. The highest BCUT2D eigenvalue weighted by Crippen LogP contribution is 2.37. The van der Waals surface area contributed by atoms with Gasteiger partial charge in [0.1, 0.15) is 0 Å². The van der Waals surface area contributed by atoms with E-state index in [0.29, 0.717) is 0 Å². The lowest BCUT2D eigenvalue weighted by molar-refractivity contribution is 0.371. The normalized spacial score (nSPS) is 11.4. The average molecular weight is 271 g/mol. The Morgan fingerprint density at radius 2 is 2.07 bits per heavy atom. The second-order valence-electron chi connectivity index (χ2n) is 2.77. The van der Waals surface area contributed by atoms with Gasteiger partial charge in [0.05, 0.1) is 17.9 Å². The molecule has 4 nitrogen and oxygen atoms in total. The van der Waals surface area contributed by atoms with Crippen LogP contribution in [0.5, 0.6) is 11.5 Å². The van der Waals surface area contributed by atoms with E-state index < -0.39 is 14.8 Å². The first-order valence-electron chi connectivity index (χ1n) is 3.82. The number of hydrogen-bond acceptors (Lipinski definition) is 4. The van der Waals surface area contributed by atoms with Gasteiger partial charge in [0.15, 0.2) is 11.5 Å². The van der Waals surface area contributed by atoms with Gasteiger partial charge < -0.3 is 9.84 Å². The zero-order valence-corrected chi connectivity index (χ0v) is 10.0. The van der Waals surface area contributed by atoms with Crippen molar-refractivity contribution in [1.29, 1.82) is 0 Å². The van der Waals surface area contributed by atoms with Crippen LogP contribution in [0.3, 0.4) is 0 Å². The molecule has 84 valence electrons. The highest BCUT2D eigenvalue weighted by atomic mass is 35.7. The van der Waals surface area contributed by atoms with Gasteiger partial charge in [0.25, 0.3) is 0 Å². The van der Waals surface area contributed by atoms with E-state index in [1.54, 1.807) is 0 Å². The highest BCUT2D eigenvalue weighted by Gasteiger charge is 2.16. The molecule has 0 saturated carbocycles. The first-order chi connectivity index (χ1) is 6.85. The van der Waals surface area contributed by atoms with Crippen LogP contribution in [0.1, 0.15) is 5.56 Å². The summed E-state index contributed by atoms with van der Waals surface area (Å²) in [5.74, 6) is -0.753. The molecule has 0 aliphatic heterocycles. The fourth-order valence-electron chi connectivity index (χ4n) is 1.08. The molecule has 1 rings (SSSR count). The quantitative estimate of drug-likeness (QED) is 0.855. The lowest BCUT2D eigenvalue weighted by atomic mass is 10.2. The largest absolute Gasteiger partial charge is 0.504 e. The summed E-state index contributed by atoms with van der Waals surface area (Å²) in [7, 11) is 2.66. The molecule has 0 heterocycles. The molecule has 1 aromatic rings. The van der Waals surface area contributed by atoms with Crippen LogP contribution < -0.4 is 4.74 Å². The number of phenols is 1. The molecule has 0 saturated heterocycles. The Balaban J connectivity index is 3.22. The van der Waals surface area contributed by atoms with Crippen molar-refractivity contribution in [1.82, 2.24) is 0 Å². The van der Waals surface area contributed by atoms with Gasteiger partial charge in [-0.05, 0) is 6.07 Å². The molecule has 0 radical (unpaired) electrons. The monoisotopic (exact) mass is 270 g/mol. The van der Waals surface area contributed by atoms with Gasteiger partial charge in [-0.25, -0.2) is 8.42 Å². The van der Waals surface area contributed by atoms with Crippen LogP contribution in [0.2, 0.25) is 5.02 Å². The maximum Gasteiger partial charge on any atom is 0.236 e. The van der Waals surface area contributed by atoms with E-state index >= 15 is 0 Å². The van der Waals surface area contributed by atoms with E-state index in [-0.39, 0.29) is 22.1 Å². The Morgan fingerprint density at radius 3 is 2.53 bits per heavy atom. The minimum atomic E-state index is -3.72. The van der Waals surface area contributed by atoms with Crippen molar-refractivity contribution in [2.45, 2.75) is 5.75 Å². The van der Waals surface area contributed by atoms with E-state index in [0.717, 1.165) is 0 Å². The molecule has 0 bridgehead atoms. The van der Waals surface area contributed by atoms with Crippen LogP contribution in [-0.4, -0.2) is 20.6 Å². The summed E-state index contributed by atoms with van der Waals surface area (Å²) in [4.78, 5) is 0. The zero-order valence-electron chi connectivity index (χ0n) is 7.70. The molecule has 15 heavy (non-hydrogen) atoms. The van der Waals surface area contributed by atoms with E-state index in [4.69, 9.17) is 27.0 Å². The van der Waals surface area contributed by atoms with Crippen LogP contribution in [0.15, 0.2) is 12.1 Å². The van der Waals surface area contributed by atoms with Gasteiger partial charge in [-0.1, -0.05) is 17.7 Å². The van der Waals surface area contributed by atoms with Gasteiger partial charge in [-0.3, -0.25) is 0 Å². The third kappa shape index (κ3) is 3.15. The van der Waals surface area contributed by atoms with E-state index in [1.165, 1.54) is 19.2 Å². The standard InChI is InChI=1S/C8H8Cl2O4S/c1-14-8-6(9)3-2-5(7(8)11)4-15(10,12)13/h2-3,11H,4H2,1H3. The highest BCUT2D eigenvalue weighted by molar-refractivity contribution is 8.13. The van der Waals surface area contributed by atoms with Crippen molar-refractivity contribution < 1.29 is 18.3 Å². The predicted molar refractivity (Wildman–Crippen MR) is 58.1 cm³/mol. The fourth-order valence-corrected chi connectivity index (χ4v) is 2.27. The summed E-state index contributed by atoms with van der Waals surface area (Å²) in [5.41, 5.74) is 0.145. The van der Waals surface area contributed by atoms with E-state index in [1.807, 2.05) is 0 Å². The maximum absolute atomic E-state index is 10.8. The number of halogens is 2. The second kappa shape index (κ2) is 4.47. The summed E-state index contributed by atoms with van der Waals surface area (Å²) in [6.07, 6.45) is 0. The Kier molecular flexibility index (Phi) is 3.70. The van der Waals surface area contributed by atoms with Crippen molar-refractivity contribution in [3.05, 3.63) is 22.7 Å². The van der Waals surface area contributed by atoms with Crippen molar-refractivity contribution in [2.75, 3.05) is 7.11 Å². The first-order valence-corrected chi connectivity index (χ1v) is 6.67. The number of rotatable bonds is 3. The SMILES string of the molecule is COc1c(Cl)ccc(CS(=O)(=O)Cl)c1O. The Bertz CT molecular complexity index is 470. The van der Waals surface area contributed by atoms with Crippen molar-refractivity contribution in [3.8, 4) is 11.5 Å². The van der Waals surface area contributed by atoms with Gasteiger partial charge in [-0.15, -0.1) is 0 Å². The number of ether oxygens (including phenoxy) is 1. The number of aromatic hydroxyl groups is 1. The molecular weight excluding hydrogens is 263 g/mol. The van der Waals surface area contributed by atoms with Gasteiger partial charge in [0.2, 0.25) is 9.05 Å². The molecule has 1 N–H and O–H groups in total. The van der Waals surface area contributed by atoms with Crippen molar-refractivity contribution in [2.24, 2.45) is 0 Å². The summed E-state index contributed by atoms with van der Waals surface area (Å²) in [6, 6.07) is 2.80. The van der Waals surface area contributed by atoms with Gasteiger partial charge >= 0.3 is 0 Å². The Hall–Kier alpha value is -0.650. The molecule has 0 amide bonds. The van der Waals surface area contributed by atoms with Crippen LogP contribution in [0, 0.1) is 0 Å². The third-order valence-electron chi connectivity index (χ3n) is 1.70. The van der Waals surface area contributed by atoms with Crippen LogP contribution in [0.4, 0.5) is 0 Å². The first kappa shape index (κ1) is 12.4. The van der Waals surface area contributed by atoms with Crippen molar-refractivity contribution >= 4 is 31.3 Å². The minimum absolute atomic E-state index is 0.0366. The maximum atomic E-state index is 10.8. The summed E-state index contributed by atoms with van der Waals surface area (Å²) < 4.78 is 26.4. The zero-order chi connectivity index (χ0) is 11.6. The molecule has 7 heteroatoms. The van der Waals surface area contributed by atoms with Crippen LogP contribution in [-0.2, 0) is 14.8 Å². The number of methoxy groups -OCH3 is 1. The Labute approximate surface area is 96.8 Å². The lowest BCUT2D eigenvalue weighted by Crippen LogP contribution is -1.97. The molecule has 0 fully saturated rings. The molecule has 0 aliphatic carbocycles. The van der Waals surface area contributed by atoms with Gasteiger partial charge in [-0.2, -0.15) is 0 Å². The predicted octanol–water partition coefficient (Wildman–Crippen LogP) is 2.12. The summed E-state index contributed by atoms with van der Waals surface area (Å²) in [5, 5.41) is 9.80. The molecule has 0 unspecified atom stereocenters. The van der Waals surface area contributed by atoms with Crippen molar-refractivity contribution in [3.63, 3.8) is 0 Å². The molecule has 0 aliphatic rings. The molecular formula is C8H8Cl2O4S. The van der Waals surface area contributed by atoms with Crippen LogP contribution >= 0.6 is 22.3 Å². The van der Waals surface area contributed by atoms with Gasteiger partial charge in [0, 0.05) is 16.2 Å². The average Bonchev–Trinajstić information content (AvgIpc) is 2.09. The second-order valence-corrected chi connectivity index (χ2v) is 5.96. The van der Waals surface area contributed by atoms with Crippen LogP contribution in [0.25, 0.3) is 0 Å². The molecule has 0 atom stereocenters.